The Labute approximate surface area is 186 Å². The summed E-state index contributed by atoms with van der Waals surface area (Å²) in [5, 5.41) is 3.06. The minimum absolute atomic E-state index is 0.0619. The van der Waals surface area contributed by atoms with Gasteiger partial charge in [0.1, 0.15) is 17.6 Å². The fourth-order valence-corrected chi connectivity index (χ4v) is 4.97. The molecule has 2 fully saturated rings. The lowest BCUT2D eigenvalue weighted by atomic mass is 9.77. The van der Waals surface area contributed by atoms with Gasteiger partial charge in [0.15, 0.2) is 5.89 Å². The second-order valence-corrected chi connectivity index (χ2v) is 10.3. The number of nitrogens with one attached hydrogen (secondary N) is 1. The number of aromatic nitrogens is 1. The third kappa shape index (κ3) is 4.94. The Morgan fingerprint density at radius 3 is 2.58 bits per heavy atom. The average Bonchev–Trinajstić information content (AvgIpc) is 3.07. The Morgan fingerprint density at radius 2 is 1.94 bits per heavy atom. The Hall–Kier alpha value is -1.95. The van der Waals surface area contributed by atoms with Crippen molar-refractivity contribution in [1.82, 2.24) is 10.3 Å². The Bertz CT molecular complexity index is 829. The van der Waals surface area contributed by atoms with Crippen molar-refractivity contribution in [3.05, 3.63) is 30.5 Å². The van der Waals surface area contributed by atoms with Crippen molar-refractivity contribution in [1.29, 1.82) is 0 Å². The van der Waals surface area contributed by atoms with E-state index in [-0.39, 0.29) is 23.2 Å². The number of hydrogen-bond acceptors (Lipinski definition) is 5. The van der Waals surface area contributed by atoms with Gasteiger partial charge in [-0.2, -0.15) is 0 Å². The minimum atomic E-state index is -0.584. The number of aryl methyl sites for hydroxylation is 1. The van der Waals surface area contributed by atoms with Crippen molar-refractivity contribution < 1.29 is 18.7 Å². The molecule has 0 bridgehead atoms. The van der Waals surface area contributed by atoms with E-state index in [1.165, 1.54) is 0 Å². The van der Waals surface area contributed by atoms with Crippen molar-refractivity contribution in [3.8, 4) is 0 Å². The molecule has 6 heteroatoms. The van der Waals surface area contributed by atoms with E-state index in [9.17, 15) is 9.59 Å². The highest BCUT2D eigenvalue weighted by molar-refractivity contribution is 5.85. The highest BCUT2D eigenvalue weighted by atomic mass is 16.6. The molecule has 0 aromatic carbocycles. The Balaban J connectivity index is 1.84. The first-order valence-corrected chi connectivity index (χ1v) is 11.6. The molecule has 2 saturated heterocycles. The zero-order chi connectivity index (χ0) is 22.9. The summed E-state index contributed by atoms with van der Waals surface area (Å²) < 4.78 is 11.8. The summed E-state index contributed by atoms with van der Waals surface area (Å²) in [6.45, 7) is 14.5. The van der Waals surface area contributed by atoms with Gasteiger partial charge in [-0.05, 0) is 32.1 Å². The van der Waals surface area contributed by atoms with Gasteiger partial charge in [-0.15, -0.1) is 6.58 Å². The number of carbonyl (C=O) groups is 2. The van der Waals surface area contributed by atoms with Gasteiger partial charge >= 0.3 is 0 Å². The number of ketones is 1. The van der Waals surface area contributed by atoms with Crippen LogP contribution in [0.5, 0.6) is 0 Å². The van der Waals surface area contributed by atoms with Crippen LogP contribution in [-0.4, -0.2) is 34.4 Å². The van der Waals surface area contributed by atoms with Crippen LogP contribution in [0.15, 0.2) is 23.3 Å². The number of hydrogen-bond donors (Lipinski definition) is 1. The van der Waals surface area contributed by atoms with Crippen LogP contribution in [0.25, 0.3) is 0 Å². The van der Waals surface area contributed by atoms with Crippen molar-refractivity contribution >= 4 is 11.7 Å². The number of carbonyl (C=O) groups excluding carboxylic acids is 2. The Morgan fingerprint density at radius 1 is 1.19 bits per heavy atom. The minimum Gasteiger partial charge on any atom is -0.449 e. The molecule has 3 heterocycles. The summed E-state index contributed by atoms with van der Waals surface area (Å²) >= 11 is 0. The lowest BCUT2D eigenvalue weighted by molar-refractivity contribution is -0.128. The standard InChI is InChI=1S/C25H38N2O4/c1-7-25-19(20-16-30-18(3)27-20)15-26-22(29)12-14-23(4,5)21(28)11-10-17(2)9-8-13-24(25,6)31-25/h7,16-17,19H,1,8-15H2,2-6H3,(H,26,29). The maximum atomic E-state index is 12.7. The topological polar surface area (TPSA) is 84.7 Å². The second kappa shape index (κ2) is 8.89. The molecule has 31 heavy (non-hydrogen) atoms. The molecule has 6 nitrogen and oxygen atoms in total. The number of oxazole rings is 1. The van der Waals surface area contributed by atoms with E-state index in [1.807, 2.05) is 26.8 Å². The molecule has 1 aromatic rings. The third-order valence-corrected chi connectivity index (χ3v) is 7.44. The largest absolute Gasteiger partial charge is 0.449 e. The van der Waals surface area contributed by atoms with Crippen LogP contribution in [0, 0.1) is 18.3 Å². The van der Waals surface area contributed by atoms with Gasteiger partial charge in [-0.25, -0.2) is 4.98 Å². The van der Waals surface area contributed by atoms with Crippen LogP contribution in [0.2, 0.25) is 0 Å². The number of nitrogens with zero attached hydrogens (tertiary/aromatic N) is 1. The van der Waals surface area contributed by atoms with E-state index in [0.29, 0.717) is 37.6 Å². The lowest BCUT2D eigenvalue weighted by Crippen LogP contribution is -2.38. The molecule has 1 N–H and O–H groups in total. The molecule has 172 valence electrons. The molecule has 1 amide bonds. The van der Waals surface area contributed by atoms with Gasteiger partial charge in [0, 0.05) is 31.7 Å². The van der Waals surface area contributed by atoms with E-state index < -0.39 is 11.0 Å². The van der Waals surface area contributed by atoms with Crippen molar-refractivity contribution in [2.75, 3.05) is 6.54 Å². The molecular formula is C25H38N2O4. The van der Waals surface area contributed by atoms with Crippen LogP contribution >= 0.6 is 0 Å². The van der Waals surface area contributed by atoms with E-state index in [1.54, 1.807) is 6.26 Å². The maximum Gasteiger partial charge on any atom is 0.220 e. The van der Waals surface area contributed by atoms with Crippen LogP contribution in [0.4, 0.5) is 0 Å². The molecule has 0 radical (unpaired) electrons. The number of Topliss-reactive ketones (excluding diaryl/α,β-unsaturated/α-hetero) is 1. The quantitative estimate of drug-likeness (QED) is 0.534. The molecule has 0 spiro atoms. The van der Waals surface area contributed by atoms with Crippen molar-refractivity contribution in [2.24, 2.45) is 11.3 Å². The van der Waals surface area contributed by atoms with Gasteiger partial charge in [-0.1, -0.05) is 39.7 Å². The normalized spacial score (nSPS) is 35.1. The molecule has 3 rings (SSSR count). The highest BCUT2D eigenvalue weighted by Gasteiger charge is 2.68. The average molecular weight is 431 g/mol. The van der Waals surface area contributed by atoms with Gasteiger partial charge < -0.3 is 14.5 Å². The first-order chi connectivity index (χ1) is 14.5. The summed E-state index contributed by atoms with van der Waals surface area (Å²) in [4.78, 5) is 29.9. The molecule has 2 aliphatic rings. The first kappa shape index (κ1) is 23.7. The molecular weight excluding hydrogens is 392 g/mol. The van der Waals surface area contributed by atoms with E-state index in [0.717, 1.165) is 31.4 Å². The van der Waals surface area contributed by atoms with Crippen LogP contribution in [0.3, 0.4) is 0 Å². The molecule has 1 aromatic heterocycles. The molecule has 0 saturated carbocycles. The van der Waals surface area contributed by atoms with E-state index in [2.05, 4.69) is 30.7 Å². The first-order valence-electron chi connectivity index (χ1n) is 11.6. The van der Waals surface area contributed by atoms with Gasteiger partial charge in [-0.3, -0.25) is 9.59 Å². The van der Waals surface area contributed by atoms with E-state index >= 15 is 0 Å². The number of fused-ring (bicyclic) bond motifs is 1. The van der Waals surface area contributed by atoms with Crippen molar-refractivity contribution in [2.45, 2.75) is 96.7 Å². The fourth-order valence-electron chi connectivity index (χ4n) is 4.97. The molecule has 4 atom stereocenters. The number of epoxide rings is 1. The summed E-state index contributed by atoms with van der Waals surface area (Å²) in [7, 11) is 0. The summed E-state index contributed by atoms with van der Waals surface area (Å²) in [6.07, 6.45) is 8.83. The van der Waals surface area contributed by atoms with Gasteiger partial charge in [0.05, 0.1) is 17.2 Å². The predicted octanol–water partition coefficient (Wildman–Crippen LogP) is 4.87. The van der Waals surface area contributed by atoms with E-state index in [4.69, 9.17) is 9.15 Å². The zero-order valence-corrected chi connectivity index (χ0v) is 19.8. The van der Waals surface area contributed by atoms with Crippen LogP contribution in [-0.2, 0) is 14.3 Å². The van der Waals surface area contributed by atoms with Crippen LogP contribution in [0.1, 0.15) is 90.1 Å². The number of amides is 1. The highest BCUT2D eigenvalue weighted by Crippen LogP contribution is 2.59. The summed E-state index contributed by atoms with van der Waals surface area (Å²) in [5.74, 6) is 1.07. The van der Waals surface area contributed by atoms with Crippen molar-refractivity contribution in [3.63, 3.8) is 0 Å². The lowest BCUT2D eigenvalue weighted by Gasteiger charge is -2.26. The summed E-state index contributed by atoms with van der Waals surface area (Å²) in [6, 6.07) is 0. The van der Waals surface area contributed by atoms with Gasteiger partial charge in [0.2, 0.25) is 5.91 Å². The molecule has 0 aliphatic carbocycles. The zero-order valence-electron chi connectivity index (χ0n) is 19.8. The monoisotopic (exact) mass is 430 g/mol. The fraction of sp³-hybridized carbons (Fsp3) is 0.720. The smallest absolute Gasteiger partial charge is 0.220 e. The third-order valence-electron chi connectivity index (χ3n) is 7.44. The molecule has 4 unspecified atom stereocenters. The number of rotatable bonds is 2. The van der Waals surface area contributed by atoms with Crippen LogP contribution < -0.4 is 5.32 Å². The number of ether oxygens (including phenoxy) is 1. The second-order valence-electron chi connectivity index (χ2n) is 10.3. The SMILES string of the molecule is C=CC12OC1(C)CCCC(C)CCC(=O)C(C)(C)CCC(=O)NCC2c1coc(C)n1. The predicted molar refractivity (Wildman–Crippen MR) is 120 cm³/mol. The Kier molecular flexibility index (Phi) is 6.80. The van der Waals surface area contributed by atoms with Gasteiger partial charge in [0.25, 0.3) is 0 Å². The molecule has 2 aliphatic heterocycles. The maximum absolute atomic E-state index is 12.7. The summed E-state index contributed by atoms with van der Waals surface area (Å²) in [5.41, 5.74) is -0.659.